The van der Waals surface area contributed by atoms with Gasteiger partial charge in [0.15, 0.2) is 0 Å². The molecule has 0 amide bonds. The summed E-state index contributed by atoms with van der Waals surface area (Å²) < 4.78 is 10.9. The molecule has 0 aliphatic rings. The molecule has 0 spiro atoms. The number of aliphatic hydroxyl groups is 1. The Bertz CT molecular complexity index is 361. The molecule has 0 fully saturated rings. The van der Waals surface area contributed by atoms with Crippen molar-refractivity contribution in [2.24, 2.45) is 0 Å². The molecule has 0 aliphatic carbocycles. The van der Waals surface area contributed by atoms with Crippen LogP contribution in [0.4, 0.5) is 0 Å². The Morgan fingerprint density at radius 2 is 1.62 bits per heavy atom. The maximum absolute atomic E-state index is 10.3. The van der Waals surface area contributed by atoms with Crippen LogP contribution in [-0.2, 0) is 4.74 Å². The van der Waals surface area contributed by atoms with Crippen molar-refractivity contribution in [3.63, 3.8) is 0 Å². The fraction of sp³-hybridized carbons (Fsp3) is 0.667. The molecule has 1 rings (SSSR count). The maximum Gasteiger partial charge on any atom is 0.118 e. The molecule has 3 nitrogen and oxygen atoms in total. The van der Waals surface area contributed by atoms with Crippen LogP contribution in [0.2, 0.25) is 0 Å². The quantitative estimate of drug-likeness (QED) is 0.611. The Hall–Kier alpha value is -1.06. The van der Waals surface area contributed by atoms with E-state index in [1.165, 1.54) is 32.1 Å². The second kappa shape index (κ2) is 10.6. The van der Waals surface area contributed by atoms with Gasteiger partial charge in [-0.25, -0.2) is 0 Å². The van der Waals surface area contributed by atoms with Crippen LogP contribution in [0, 0.1) is 0 Å². The second-order valence-electron chi connectivity index (χ2n) is 5.56. The van der Waals surface area contributed by atoms with Gasteiger partial charge in [-0.2, -0.15) is 0 Å². The summed E-state index contributed by atoms with van der Waals surface area (Å²) in [5.74, 6) is 0.798. The Morgan fingerprint density at radius 3 is 2.24 bits per heavy atom. The van der Waals surface area contributed by atoms with Crippen LogP contribution in [0.3, 0.4) is 0 Å². The van der Waals surface area contributed by atoms with E-state index in [1.54, 1.807) is 7.11 Å². The minimum absolute atomic E-state index is 0.186. The van der Waals surface area contributed by atoms with E-state index in [2.05, 4.69) is 6.92 Å². The summed E-state index contributed by atoms with van der Waals surface area (Å²) in [4.78, 5) is 0. The molecule has 0 bridgehead atoms. The fourth-order valence-corrected chi connectivity index (χ4v) is 2.31. The first-order chi connectivity index (χ1) is 10.2. The second-order valence-corrected chi connectivity index (χ2v) is 5.56. The van der Waals surface area contributed by atoms with E-state index in [0.29, 0.717) is 0 Å². The molecule has 2 atom stereocenters. The number of hydrogen-bond acceptors (Lipinski definition) is 3. The van der Waals surface area contributed by atoms with Crippen molar-refractivity contribution in [3.05, 3.63) is 29.8 Å². The molecule has 3 heteroatoms. The molecule has 0 aliphatic heterocycles. The largest absolute Gasteiger partial charge is 0.497 e. The Labute approximate surface area is 129 Å². The third kappa shape index (κ3) is 6.96. The molecule has 0 radical (unpaired) electrons. The summed E-state index contributed by atoms with van der Waals surface area (Å²) in [6.07, 6.45) is 6.72. The minimum atomic E-state index is -0.587. The Kier molecular flexibility index (Phi) is 9.11. The number of ether oxygens (including phenoxy) is 2. The lowest BCUT2D eigenvalue weighted by atomic mass is 10.1. The van der Waals surface area contributed by atoms with Crippen LogP contribution < -0.4 is 4.74 Å². The lowest BCUT2D eigenvalue weighted by Gasteiger charge is -2.20. The molecule has 0 heterocycles. The van der Waals surface area contributed by atoms with Crippen LogP contribution in [-0.4, -0.2) is 24.9 Å². The molecule has 2 unspecified atom stereocenters. The molecule has 0 saturated heterocycles. The number of benzene rings is 1. The fourth-order valence-electron chi connectivity index (χ4n) is 2.31. The molecule has 21 heavy (non-hydrogen) atoms. The van der Waals surface area contributed by atoms with Crippen LogP contribution in [0.1, 0.15) is 64.0 Å². The van der Waals surface area contributed by atoms with E-state index in [4.69, 9.17) is 9.47 Å². The molecule has 0 aromatic heterocycles. The topological polar surface area (TPSA) is 38.7 Å². The third-order valence-electron chi connectivity index (χ3n) is 3.78. The molecule has 0 saturated carbocycles. The van der Waals surface area contributed by atoms with E-state index in [9.17, 15) is 5.11 Å². The SMILES string of the molecule is CCCCCCCCOC(C)C(O)c1ccc(OC)cc1. The van der Waals surface area contributed by atoms with Gasteiger partial charge >= 0.3 is 0 Å². The maximum atomic E-state index is 10.3. The van der Waals surface area contributed by atoms with Gasteiger partial charge in [-0.1, -0.05) is 51.2 Å². The van der Waals surface area contributed by atoms with Gasteiger partial charge in [0.2, 0.25) is 0 Å². The summed E-state index contributed by atoms with van der Waals surface area (Å²) in [6.45, 7) is 4.87. The van der Waals surface area contributed by atoms with E-state index in [1.807, 2.05) is 31.2 Å². The van der Waals surface area contributed by atoms with Gasteiger partial charge in [-0.05, 0) is 31.0 Å². The van der Waals surface area contributed by atoms with E-state index in [-0.39, 0.29) is 6.10 Å². The Morgan fingerprint density at radius 1 is 1.00 bits per heavy atom. The van der Waals surface area contributed by atoms with Gasteiger partial charge in [0.05, 0.1) is 13.2 Å². The molecule has 1 aromatic rings. The minimum Gasteiger partial charge on any atom is -0.497 e. The van der Waals surface area contributed by atoms with Gasteiger partial charge in [-0.15, -0.1) is 0 Å². The van der Waals surface area contributed by atoms with E-state index < -0.39 is 6.10 Å². The zero-order chi connectivity index (χ0) is 15.5. The van der Waals surface area contributed by atoms with Gasteiger partial charge in [0, 0.05) is 6.61 Å². The zero-order valence-corrected chi connectivity index (χ0v) is 13.7. The van der Waals surface area contributed by atoms with Crippen LogP contribution in [0.15, 0.2) is 24.3 Å². The lowest BCUT2D eigenvalue weighted by Crippen LogP contribution is -2.19. The Balaban J connectivity index is 2.22. The zero-order valence-electron chi connectivity index (χ0n) is 13.7. The molecular weight excluding hydrogens is 264 g/mol. The first kappa shape index (κ1) is 18.0. The number of methoxy groups -OCH3 is 1. The number of hydrogen-bond donors (Lipinski definition) is 1. The van der Waals surface area contributed by atoms with Crippen LogP contribution in [0.25, 0.3) is 0 Å². The molecule has 1 N–H and O–H groups in total. The first-order valence-electron chi connectivity index (χ1n) is 8.12. The number of aliphatic hydroxyl groups excluding tert-OH is 1. The highest BCUT2D eigenvalue weighted by atomic mass is 16.5. The summed E-state index contributed by atoms with van der Waals surface area (Å²) >= 11 is 0. The predicted molar refractivity (Wildman–Crippen MR) is 86.7 cm³/mol. The molecule has 1 aromatic carbocycles. The average Bonchev–Trinajstić information content (AvgIpc) is 2.53. The highest BCUT2D eigenvalue weighted by Gasteiger charge is 2.16. The van der Waals surface area contributed by atoms with E-state index in [0.717, 1.165) is 24.3 Å². The van der Waals surface area contributed by atoms with Crippen LogP contribution >= 0.6 is 0 Å². The summed E-state index contributed by atoms with van der Waals surface area (Å²) in [6, 6.07) is 7.49. The van der Waals surface area contributed by atoms with Gasteiger partial charge in [-0.3, -0.25) is 0 Å². The summed E-state index contributed by atoms with van der Waals surface area (Å²) in [5, 5.41) is 10.3. The third-order valence-corrected chi connectivity index (χ3v) is 3.78. The van der Waals surface area contributed by atoms with Crippen LogP contribution in [0.5, 0.6) is 5.75 Å². The summed E-state index contributed by atoms with van der Waals surface area (Å²) in [5.41, 5.74) is 0.867. The monoisotopic (exact) mass is 294 g/mol. The van der Waals surface area contributed by atoms with Gasteiger partial charge < -0.3 is 14.6 Å². The van der Waals surface area contributed by atoms with Crippen molar-refractivity contribution in [2.45, 2.75) is 64.6 Å². The highest BCUT2D eigenvalue weighted by molar-refractivity contribution is 5.28. The smallest absolute Gasteiger partial charge is 0.118 e. The normalized spacial score (nSPS) is 13.9. The lowest BCUT2D eigenvalue weighted by molar-refractivity contribution is -0.0291. The number of rotatable bonds is 11. The molecule has 120 valence electrons. The van der Waals surface area contributed by atoms with E-state index >= 15 is 0 Å². The highest BCUT2D eigenvalue weighted by Crippen LogP contribution is 2.22. The van der Waals surface area contributed by atoms with Crippen molar-refractivity contribution in [3.8, 4) is 5.75 Å². The predicted octanol–water partition coefficient (Wildman–Crippen LogP) is 4.49. The number of unbranched alkanes of at least 4 members (excludes halogenated alkanes) is 5. The summed E-state index contributed by atoms with van der Waals surface area (Å²) in [7, 11) is 1.64. The van der Waals surface area contributed by atoms with Crippen molar-refractivity contribution < 1.29 is 14.6 Å². The standard InChI is InChI=1S/C18H30O3/c1-4-5-6-7-8-9-14-21-15(2)18(19)16-10-12-17(20-3)13-11-16/h10-13,15,18-19H,4-9,14H2,1-3H3. The molecular formula is C18H30O3. The first-order valence-corrected chi connectivity index (χ1v) is 8.12. The van der Waals surface area contributed by atoms with Gasteiger partial charge in [0.25, 0.3) is 0 Å². The van der Waals surface area contributed by atoms with Crippen molar-refractivity contribution in [2.75, 3.05) is 13.7 Å². The van der Waals surface area contributed by atoms with Crippen molar-refractivity contribution >= 4 is 0 Å². The van der Waals surface area contributed by atoms with Gasteiger partial charge in [0.1, 0.15) is 11.9 Å². The van der Waals surface area contributed by atoms with Crippen molar-refractivity contribution in [1.29, 1.82) is 0 Å². The van der Waals surface area contributed by atoms with Crippen molar-refractivity contribution in [1.82, 2.24) is 0 Å². The average molecular weight is 294 g/mol.